The molecule has 1 aromatic rings. The first-order chi connectivity index (χ1) is 8.74. The van der Waals surface area contributed by atoms with Crippen LogP contribution >= 0.6 is 0 Å². The summed E-state index contributed by atoms with van der Waals surface area (Å²) in [7, 11) is 0. The van der Waals surface area contributed by atoms with Gasteiger partial charge in [0.2, 0.25) is 0 Å². The van der Waals surface area contributed by atoms with Gasteiger partial charge in [0, 0.05) is 24.4 Å². The molecule has 0 aliphatic heterocycles. The van der Waals surface area contributed by atoms with Crippen LogP contribution in [0.5, 0.6) is 0 Å². The topological polar surface area (TPSA) is 55.1 Å². The second-order valence-electron chi connectivity index (χ2n) is 5.17. The van der Waals surface area contributed by atoms with Crippen LogP contribution in [0.4, 0.5) is 0 Å². The molecule has 18 heavy (non-hydrogen) atoms. The van der Waals surface area contributed by atoms with Gasteiger partial charge in [-0.15, -0.1) is 0 Å². The number of carbonyl (C=O) groups is 1. The van der Waals surface area contributed by atoms with E-state index in [1.165, 1.54) is 0 Å². The lowest BCUT2D eigenvalue weighted by molar-refractivity contribution is -0.142. The smallest absolute Gasteiger partial charge is 0.307 e. The van der Waals surface area contributed by atoms with Gasteiger partial charge >= 0.3 is 5.97 Å². The molecule has 1 N–H and O–H groups in total. The van der Waals surface area contributed by atoms with Gasteiger partial charge in [0.05, 0.1) is 5.92 Å². The quantitative estimate of drug-likeness (QED) is 0.836. The number of aliphatic carboxylic acids is 1. The predicted molar refractivity (Wildman–Crippen MR) is 69.5 cm³/mol. The Balaban J connectivity index is 2.26. The molecular weight excluding hydrogens is 228 g/mol. The number of rotatable bonds is 4. The Morgan fingerprint density at radius 1 is 1.44 bits per heavy atom. The highest BCUT2D eigenvalue weighted by atomic mass is 16.4. The molecular formula is C14H22N2O2. The third-order valence-electron chi connectivity index (χ3n) is 3.90. The van der Waals surface area contributed by atoms with E-state index in [1.54, 1.807) is 6.20 Å². The molecule has 1 aliphatic carbocycles. The number of carboxylic acid groups (broad SMARTS) is 1. The zero-order chi connectivity index (χ0) is 13.0. The van der Waals surface area contributed by atoms with Crippen molar-refractivity contribution in [1.29, 1.82) is 0 Å². The molecule has 1 aliphatic rings. The monoisotopic (exact) mass is 250 g/mol. The van der Waals surface area contributed by atoms with Gasteiger partial charge < -0.3 is 5.11 Å². The summed E-state index contributed by atoms with van der Waals surface area (Å²) in [4.78, 5) is 11.5. The van der Waals surface area contributed by atoms with Crippen LogP contribution in [-0.2, 0) is 11.3 Å². The lowest BCUT2D eigenvalue weighted by atomic mass is 9.85. The number of hydrogen-bond acceptors (Lipinski definition) is 2. The van der Waals surface area contributed by atoms with Crippen LogP contribution in [-0.4, -0.2) is 20.9 Å². The van der Waals surface area contributed by atoms with E-state index in [1.807, 2.05) is 10.7 Å². The maximum Gasteiger partial charge on any atom is 0.307 e. The number of nitrogens with zero attached hydrogens (tertiary/aromatic N) is 2. The molecule has 2 unspecified atom stereocenters. The van der Waals surface area contributed by atoms with Gasteiger partial charge in [-0.25, -0.2) is 0 Å². The molecule has 1 aromatic heterocycles. The fourth-order valence-electron chi connectivity index (χ4n) is 3.01. The molecule has 1 heterocycles. The molecule has 2 rings (SSSR count). The Hall–Kier alpha value is -1.32. The van der Waals surface area contributed by atoms with Crippen molar-refractivity contribution in [3.8, 4) is 0 Å². The van der Waals surface area contributed by atoms with Gasteiger partial charge in [-0.1, -0.05) is 26.2 Å². The van der Waals surface area contributed by atoms with Crippen molar-refractivity contribution in [2.45, 2.75) is 57.9 Å². The third kappa shape index (κ3) is 2.74. The van der Waals surface area contributed by atoms with Gasteiger partial charge in [0.15, 0.2) is 0 Å². The standard InChI is InChI=1S/C14H22N2O2/c1-2-10-16-13(8-9-15-16)11-6-4-3-5-7-12(11)14(17)18/h8-9,11-12H,2-7,10H2,1H3,(H,17,18). The highest BCUT2D eigenvalue weighted by molar-refractivity contribution is 5.71. The maximum atomic E-state index is 11.5. The van der Waals surface area contributed by atoms with Crippen molar-refractivity contribution in [2.24, 2.45) is 5.92 Å². The Morgan fingerprint density at radius 2 is 2.22 bits per heavy atom. The fraction of sp³-hybridized carbons (Fsp3) is 0.714. The first-order valence-electron chi connectivity index (χ1n) is 6.98. The summed E-state index contributed by atoms with van der Waals surface area (Å²) in [5, 5.41) is 13.8. The minimum absolute atomic E-state index is 0.138. The number of carboxylic acids is 1. The van der Waals surface area contributed by atoms with Crippen molar-refractivity contribution in [1.82, 2.24) is 9.78 Å². The lowest BCUT2D eigenvalue weighted by Gasteiger charge is -2.22. The summed E-state index contributed by atoms with van der Waals surface area (Å²) < 4.78 is 1.99. The normalized spacial score (nSPS) is 24.7. The highest BCUT2D eigenvalue weighted by Gasteiger charge is 2.32. The Labute approximate surface area is 108 Å². The molecule has 0 spiro atoms. The first kappa shape index (κ1) is 13.1. The van der Waals surface area contributed by atoms with Crippen molar-refractivity contribution < 1.29 is 9.90 Å². The van der Waals surface area contributed by atoms with Crippen LogP contribution in [0, 0.1) is 5.92 Å². The molecule has 2 atom stereocenters. The van der Waals surface area contributed by atoms with Crippen molar-refractivity contribution >= 4 is 5.97 Å². The summed E-state index contributed by atoms with van der Waals surface area (Å²) in [5.74, 6) is -0.745. The highest BCUT2D eigenvalue weighted by Crippen LogP contribution is 2.36. The van der Waals surface area contributed by atoms with Crippen LogP contribution in [0.1, 0.15) is 57.1 Å². The van der Waals surface area contributed by atoms with Crippen molar-refractivity contribution in [3.63, 3.8) is 0 Å². The molecule has 1 fully saturated rings. The number of aryl methyl sites for hydroxylation is 1. The van der Waals surface area contributed by atoms with Gasteiger partial charge in [0.25, 0.3) is 0 Å². The minimum Gasteiger partial charge on any atom is -0.481 e. The Kier molecular flexibility index (Phi) is 4.39. The van der Waals surface area contributed by atoms with Gasteiger partial charge in [-0.3, -0.25) is 9.48 Å². The van der Waals surface area contributed by atoms with E-state index in [9.17, 15) is 9.90 Å². The first-order valence-corrected chi connectivity index (χ1v) is 6.98. The average Bonchev–Trinajstić information content (AvgIpc) is 2.65. The van der Waals surface area contributed by atoms with E-state index in [0.717, 1.165) is 50.8 Å². The van der Waals surface area contributed by atoms with Crippen LogP contribution < -0.4 is 0 Å². The van der Waals surface area contributed by atoms with E-state index in [2.05, 4.69) is 12.0 Å². The molecule has 0 bridgehead atoms. The van der Waals surface area contributed by atoms with Crippen molar-refractivity contribution in [3.05, 3.63) is 18.0 Å². The SMILES string of the molecule is CCCn1nccc1C1CCCCCC1C(=O)O. The average molecular weight is 250 g/mol. The lowest BCUT2D eigenvalue weighted by Crippen LogP contribution is -2.23. The zero-order valence-corrected chi connectivity index (χ0v) is 11.0. The Bertz CT molecular complexity index is 400. The predicted octanol–water partition coefficient (Wildman–Crippen LogP) is 3.04. The summed E-state index contributed by atoms with van der Waals surface area (Å²) in [6.07, 6.45) is 7.93. The molecule has 4 heteroatoms. The van der Waals surface area contributed by atoms with E-state index >= 15 is 0 Å². The van der Waals surface area contributed by atoms with Gasteiger partial charge in [0.1, 0.15) is 0 Å². The maximum absolute atomic E-state index is 11.5. The van der Waals surface area contributed by atoms with Gasteiger partial charge in [-0.2, -0.15) is 5.10 Å². The summed E-state index contributed by atoms with van der Waals surface area (Å²) in [6, 6.07) is 2.00. The van der Waals surface area contributed by atoms with Crippen LogP contribution in [0.15, 0.2) is 12.3 Å². The molecule has 0 aromatic carbocycles. The molecule has 0 saturated heterocycles. The van der Waals surface area contributed by atoms with Crippen molar-refractivity contribution in [2.75, 3.05) is 0 Å². The largest absolute Gasteiger partial charge is 0.481 e. The Morgan fingerprint density at radius 3 is 2.94 bits per heavy atom. The van der Waals surface area contributed by atoms with E-state index in [0.29, 0.717) is 0 Å². The van der Waals surface area contributed by atoms with Crippen LogP contribution in [0.3, 0.4) is 0 Å². The molecule has 0 amide bonds. The van der Waals surface area contributed by atoms with E-state index in [-0.39, 0.29) is 11.8 Å². The number of hydrogen-bond donors (Lipinski definition) is 1. The summed E-state index contributed by atoms with van der Waals surface area (Å²) in [6.45, 7) is 3.00. The van der Waals surface area contributed by atoms with E-state index < -0.39 is 5.97 Å². The third-order valence-corrected chi connectivity index (χ3v) is 3.90. The zero-order valence-electron chi connectivity index (χ0n) is 11.0. The minimum atomic E-state index is -0.647. The van der Waals surface area contributed by atoms with Gasteiger partial charge in [-0.05, 0) is 25.3 Å². The van der Waals surface area contributed by atoms with Crippen LogP contribution in [0.2, 0.25) is 0 Å². The van der Waals surface area contributed by atoms with Crippen LogP contribution in [0.25, 0.3) is 0 Å². The summed E-state index contributed by atoms with van der Waals surface area (Å²) >= 11 is 0. The van der Waals surface area contributed by atoms with E-state index in [4.69, 9.17) is 0 Å². The molecule has 100 valence electrons. The second kappa shape index (κ2) is 6.03. The summed E-state index contributed by atoms with van der Waals surface area (Å²) in [5.41, 5.74) is 1.12. The second-order valence-corrected chi connectivity index (χ2v) is 5.17. The molecule has 4 nitrogen and oxygen atoms in total. The molecule has 1 saturated carbocycles. The number of aromatic nitrogens is 2. The molecule has 0 radical (unpaired) electrons. The fourth-order valence-corrected chi connectivity index (χ4v) is 3.01.